The minimum Gasteiger partial charge on any atom is -0.325 e. The lowest BCUT2D eigenvalue weighted by Gasteiger charge is -2.09. The number of aryl methyl sites for hydroxylation is 1. The normalized spacial score (nSPS) is 13.0. The second kappa shape index (κ2) is 4.76. The smallest absolute Gasteiger partial charge is 0.228 e. The number of rotatable bonds is 2. The zero-order chi connectivity index (χ0) is 14.3. The maximum absolute atomic E-state index is 12.6. The highest BCUT2D eigenvalue weighted by Crippen LogP contribution is 2.30. The summed E-state index contributed by atoms with van der Waals surface area (Å²) >= 11 is 5.83. The Hall–Kier alpha value is -2.13. The van der Waals surface area contributed by atoms with Gasteiger partial charge in [0.05, 0.1) is 12.1 Å². The van der Waals surface area contributed by atoms with Gasteiger partial charge in [-0.15, -0.1) is 0 Å². The number of amides is 1. The Kier molecular flexibility index (Phi) is 3.07. The van der Waals surface area contributed by atoms with Gasteiger partial charge in [-0.05, 0) is 48.4 Å². The van der Waals surface area contributed by atoms with Crippen molar-refractivity contribution in [3.05, 3.63) is 63.7 Å². The van der Waals surface area contributed by atoms with E-state index in [2.05, 4.69) is 5.32 Å². The van der Waals surface area contributed by atoms with Gasteiger partial charge in [-0.3, -0.25) is 9.59 Å². The zero-order valence-corrected chi connectivity index (χ0v) is 11.6. The molecule has 20 heavy (non-hydrogen) atoms. The van der Waals surface area contributed by atoms with E-state index < -0.39 is 0 Å². The van der Waals surface area contributed by atoms with Crippen LogP contribution in [0.1, 0.15) is 27.0 Å². The van der Waals surface area contributed by atoms with Crippen LogP contribution in [0.15, 0.2) is 36.4 Å². The number of carbonyl (C=O) groups excluding carboxylic acids is 2. The van der Waals surface area contributed by atoms with Crippen molar-refractivity contribution in [2.24, 2.45) is 0 Å². The van der Waals surface area contributed by atoms with Gasteiger partial charge in [0.25, 0.3) is 0 Å². The van der Waals surface area contributed by atoms with Gasteiger partial charge in [0.1, 0.15) is 0 Å². The van der Waals surface area contributed by atoms with Crippen molar-refractivity contribution in [2.45, 2.75) is 13.3 Å². The predicted molar refractivity (Wildman–Crippen MR) is 78.4 cm³/mol. The molecule has 0 spiro atoms. The van der Waals surface area contributed by atoms with E-state index in [9.17, 15) is 9.59 Å². The molecule has 1 aliphatic heterocycles. The largest absolute Gasteiger partial charge is 0.325 e. The molecule has 1 amide bonds. The molecule has 2 aromatic carbocycles. The van der Waals surface area contributed by atoms with Crippen LogP contribution >= 0.6 is 11.6 Å². The van der Waals surface area contributed by atoms with E-state index in [1.807, 2.05) is 13.0 Å². The van der Waals surface area contributed by atoms with Crippen molar-refractivity contribution in [3.8, 4) is 0 Å². The molecule has 3 nitrogen and oxygen atoms in total. The van der Waals surface area contributed by atoms with Crippen molar-refractivity contribution in [2.75, 3.05) is 5.32 Å². The Morgan fingerprint density at radius 2 is 1.90 bits per heavy atom. The number of halogens is 1. The van der Waals surface area contributed by atoms with E-state index in [1.165, 1.54) is 0 Å². The van der Waals surface area contributed by atoms with Crippen LogP contribution < -0.4 is 5.32 Å². The van der Waals surface area contributed by atoms with Gasteiger partial charge in [-0.1, -0.05) is 17.7 Å². The molecule has 0 aliphatic carbocycles. The van der Waals surface area contributed by atoms with Gasteiger partial charge in [0.15, 0.2) is 5.78 Å². The molecule has 0 saturated heterocycles. The summed E-state index contributed by atoms with van der Waals surface area (Å²) < 4.78 is 0. The quantitative estimate of drug-likeness (QED) is 0.860. The predicted octanol–water partition coefficient (Wildman–Crippen LogP) is 3.37. The summed E-state index contributed by atoms with van der Waals surface area (Å²) in [4.78, 5) is 24.1. The summed E-state index contributed by atoms with van der Waals surface area (Å²) in [5.41, 5.74) is 3.59. The molecule has 0 aromatic heterocycles. The number of benzene rings is 2. The highest BCUT2D eigenvalue weighted by Gasteiger charge is 2.24. The molecule has 4 heteroatoms. The van der Waals surface area contributed by atoms with Crippen LogP contribution in [0, 0.1) is 6.92 Å². The van der Waals surface area contributed by atoms with E-state index in [0.29, 0.717) is 28.3 Å². The number of ketones is 1. The van der Waals surface area contributed by atoms with Gasteiger partial charge in [-0.2, -0.15) is 0 Å². The second-order valence-electron chi connectivity index (χ2n) is 4.91. The van der Waals surface area contributed by atoms with Crippen LogP contribution in [0.25, 0.3) is 0 Å². The Balaban J connectivity index is 2.09. The number of carbonyl (C=O) groups is 2. The Morgan fingerprint density at radius 3 is 2.60 bits per heavy atom. The molecule has 0 bridgehead atoms. The average Bonchev–Trinajstić information content (AvgIpc) is 2.78. The number of nitrogens with one attached hydrogen (secondary N) is 1. The molecule has 0 radical (unpaired) electrons. The molecule has 2 aromatic rings. The van der Waals surface area contributed by atoms with Crippen LogP contribution in [0.3, 0.4) is 0 Å². The zero-order valence-electron chi connectivity index (χ0n) is 10.9. The van der Waals surface area contributed by atoms with Crippen LogP contribution in [-0.4, -0.2) is 11.7 Å². The number of anilines is 1. The molecule has 0 fully saturated rings. The fourth-order valence-corrected chi connectivity index (χ4v) is 2.57. The summed E-state index contributed by atoms with van der Waals surface area (Å²) in [6.07, 6.45) is 0.331. The van der Waals surface area contributed by atoms with Crippen LogP contribution in [0.4, 0.5) is 5.69 Å². The second-order valence-corrected chi connectivity index (χ2v) is 5.34. The topological polar surface area (TPSA) is 46.2 Å². The third-order valence-corrected chi connectivity index (χ3v) is 3.58. The fraction of sp³-hybridized carbons (Fsp3) is 0.125. The van der Waals surface area contributed by atoms with Crippen LogP contribution in [0.2, 0.25) is 5.02 Å². The van der Waals surface area contributed by atoms with E-state index in [4.69, 9.17) is 11.6 Å². The molecule has 1 heterocycles. The molecular formula is C16H12ClNO2. The first-order chi connectivity index (χ1) is 9.54. The van der Waals surface area contributed by atoms with E-state index >= 15 is 0 Å². The van der Waals surface area contributed by atoms with Crippen molar-refractivity contribution in [3.63, 3.8) is 0 Å². The Morgan fingerprint density at radius 1 is 1.20 bits per heavy atom. The summed E-state index contributed by atoms with van der Waals surface area (Å²) in [7, 11) is 0. The van der Waals surface area contributed by atoms with Gasteiger partial charge < -0.3 is 5.32 Å². The summed E-state index contributed by atoms with van der Waals surface area (Å²) in [6, 6.07) is 10.5. The van der Waals surface area contributed by atoms with E-state index in [0.717, 1.165) is 11.1 Å². The summed E-state index contributed by atoms with van der Waals surface area (Å²) in [6.45, 7) is 1.92. The summed E-state index contributed by atoms with van der Waals surface area (Å²) in [5.74, 6) is -0.181. The van der Waals surface area contributed by atoms with Gasteiger partial charge >= 0.3 is 0 Å². The van der Waals surface area contributed by atoms with Crippen LogP contribution in [-0.2, 0) is 11.2 Å². The number of hydrogen-bond acceptors (Lipinski definition) is 2. The minimum atomic E-state index is -0.108. The lowest BCUT2D eigenvalue weighted by Crippen LogP contribution is -2.08. The molecule has 1 N–H and O–H groups in total. The van der Waals surface area contributed by atoms with E-state index in [-0.39, 0.29) is 11.7 Å². The highest BCUT2D eigenvalue weighted by atomic mass is 35.5. The van der Waals surface area contributed by atoms with E-state index in [1.54, 1.807) is 30.3 Å². The number of fused-ring (bicyclic) bond motifs is 1. The van der Waals surface area contributed by atoms with Gasteiger partial charge in [-0.25, -0.2) is 0 Å². The monoisotopic (exact) mass is 285 g/mol. The summed E-state index contributed by atoms with van der Waals surface area (Å²) in [5, 5.41) is 3.36. The lowest BCUT2D eigenvalue weighted by atomic mass is 9.97. The Labute approximate surface area is 121 Å². The van der Waals surface area contributed by atoms with Crippen molar-refractivity contribution in [1.82, 2.24) is 0 Å². The average molecular weight is 286 g/mol. The maximum atomic E-state index is 12.6. The first kappa shape index (κ1) is 12.9. The molecule has 0 unspecified atom stereocenters. The van der Waals surface area contributed by atoms with Crippen molar-refractivity contribution in [1.29, 1.82) is 0 Å². The SMILES string of the molecule is Cc1cc2c(c(C(=O)c3ccc(Cl)cc3)c1)NC(=O)C2. The first-order valence-corrected chi connectivity index (χ1v) is 6.66. The lowest BCUT2D eigenvalue weighted by molar-refractivity contribution is -0.115. The standard InChI is InChI=1S/C16H12ClNO2/c1-9-6-11-8-14(19)18-15(11)13(7-9)16(20)10-2-4-12(17)5-3-10/h2-7H,8H2,1H3,(H,18,19). The van der Waals surface area contributed by atoms with Crippen LogP contribution in [0.5, 0.6) is 0 Å². The molecule has 1 aliphatic rings. The number of hydrogen-bond donors (Lipinski definition) is 1. The molecule has 100 valence electrons. The highest BCUT2D eigenvalue weighted by molar-refractivity contribution is 6.30. The fourth-order valence-electron chi connectivity index (χ4n) is 2.44. The minimum absolute atomic E-state index is 0.0734. The van der Waals surface area contributed by atoms with Crippen molar-refractivity contribution < 1.29 is 9.59 Å². The third-order valence-electron chi connectivity index (χ3n) is 3.33. The first-order valence-electron chi connectivity index (χ1n) is 6.28. The molecule has 0 saturated carbocycles. The molecule has 3 rings (SSSR count). The van der Waals surface area contributed by atoms with Crippen molar-refractivity contribution >= 4 is 29.0 Å². The maximum Gasteiger partial charge on any atom is 0.228 e. The van der Waals surface area contributed by atoms with Gasteiger partial charge in [0.2, 0.25) is 5.91 Å². The molecular weight excluding hydrogens is 274 g/mol. The third kappa shape index (κ3) is 2.21. The van der Waals surface area contributed by atoms with Gasteiger partial charge in [0, 0.05) is 16.1 Å². The Bertz CT molecular complexity index is 720. The molecule has 0 atom stereocenters.